The molecule has 4 aromatic rings. The summed E-state index contributed by atoms with van der Waals surface area (Å²) >= 11 is 1.19. The zero-order valence-corrected chi connectivity index (χ0v) is 16.6. The second-order valence-corrected chi connectivity index (χ2v) is 8.58. The summed E-state index contributed by atoms with van der Waals surface area (Å²) in [6.07, 6.45) is 3.32. The number of amides is 1. The minimum Gasteiger partial charge on any atom is -0.483 e. The molecule has 0 aliphatic heterocycles. The molecule has 0 spiro atoms. The molecule has 0 fully saturated rings. The van der Waals surface area contributed by atoms with Crippen molar-refractivity contribution >= 4 is 49.0 Å². The van der Waals surface area contributed by atoms with Crippen LogP contribution in [-0.2, 0) is 14.8 Å². The predicted octanol–water partition coefficient (Wildman–Crippen LogP) is 3.44. The van der Waals surface area contributed by atoms with Gasteiger partial charge in [0, 0.05) is 34.4 Å². The van der Waals surface area contributed by atoms with E-state index in [0.717, 1.165) is 10.9 Å². The molecule has 0 aliphatic rings. The monoisotopic (exact) mass is 428 g/mol. The number of aromatic nitrogens is 2. The summed E-state index contributed by atoms with van der Waals surface area (Å²) in [4.78, 5) is 19.2. The summed E-state index contributed by atoms with van der Waals surface area (Å²) in [5.74, 6) is 0.252. The maximum Gasteiger partial charge on any atom is 0.263 e. The standard InChI is InChI=1S/C19H16N4O4S2/c24-18(12-27-17-3-1-2-16-15(17)8-9-20-16)22-13-4-6-14(7-5-13)29(25,26)23-19-21-10-11-28-19/h1-11,20H,12H2,(H,21,23)(H,22,24). The molecule has 3 N–H and O–H groups in total. The highest BCUT2D eigenvalue weighted by molar-refractivity contribution is 7.93. The van der Waals surface area contributed by atoms with Crippen LogP contribution in [-0.4, -0.2) is 30.9 Å². The van der Waals surface area contributed by atoms with Gasteiger partial charge in [0.25, 0.3) is 15.9 Å². The van der Waals surface area contributed by atoms with E-state index < -0.39 is 10.0 Å². The van der Waals surface area contributed by atoms with Gasteiger partial charge < -0.3 is 15.0 Å². The molecule has 0 radical (unpaired) electrons. The van der Waals surface area contributed by atoms with Gasteiger partial charge in [0.05, 0.1) is 4.90 Å². The smallest absolute Gasteiger partial charge is 0.263 e. The van der Waals surface area contributed by atoms with E-state index in [1.54, 1.807) is 17.6 Å². The van der Waals surface area contributed by atoms with Crippen LogP contribution >= 0.6 is 11.3 Å². The van der Waals surface area contributed by atoms with Crippen molar-refractivity contribution in [3.8, 4) is 5.75 Å². The van der Waals surface area contributed by atoms with Crippen LogP contribution < -0.4 is 14.8 Å². The maximum absolute atomic E-state index is 12.3. The fourth-order valence-corrected chi connectivity index (χ4v) is 4.48. The van der Waals surface area contributed by atoms with Gasteiger partial charge in [-0.2, -0.15) is 0 Å². The number of benzene rings is 2. The Bertz CT molecular complexity index is 1230. The average molecular weight is 428 g/mol. The van der Waals surface area contributed by atoms with E-state index in [2.05, 4.69) is 20.0 Å². The number of hydrogen-bond acceptors (Lipinski definition) is 6. The highest BCUT2D eigenvalue weighted by Gasteiger charge is 2.15. The van der Waals surface area contributed by atoms with Crippen molar-refractivity contribution in [2.45, 2.75) is 4.90 Å². The Balaban J connectivity index is 1.37. The van der Waals surface area contributed by atoms with Crippen molar-refractivity contribution in [1.82, 2.24) is 9.97 Å². The molecular formula is C19H16N4O4S2. The Morgan fingerprint density at radius 2 is 1.97 bits per heavy atom. The number of H-pyrrole nitrogens is 1. The fraction of sp³-hybridized carbons (Fsp3) is 0.0526. The number of rotatable bonds is 7. The van der Waals surface area contributed by atoms with E-state index in [1.165, 1.54) is 41.8 Å². The largest absolute Gasteiger partial charge is 0.483 e. The Hall–Kier alpha value is -3.37. The van der Waals surface area contributed by atoms with E-state index >= 15 is 0 Å². The summed E-state index contributed by atoms with van der Waals surface area (Å²) in [6, 6.07) is 13.3. The van der Waals surface area contributed by atoms with Crippen molar-refractivity contribution in [3.63, 3.8) is 0 Å². The quantitative estimate of drug-likeness (QED) is 0.417. The van der Waals surface area contributed by atoms with Crippen molar-refractivity contribution in [1.29, 1.82) is 0 Å². The molecule has 4 rings (SSSR count). The predicted molar refractivity (Wildman–Crippen MR) is 112 cm³/mol. The normalized spacial score (nSPS) is 11.3. The van der Waals surface area contributed by atoms with E-state index in [4.69, 9.17) is 4.74 Å². The topological polar surface area (TPSA) is 113 Å². The first-order chi connectivity index (χ1) is 14.0. The van der Waals surface area contributed by atoms with Gasteiger partial charge in [0.1, 0.15) is 5.75 Å². The lowest BCUT2D eigenvalue weighted by atomic mass is 10.2. The van der Waals surface area contributed by atoms with Gasteiger partial charge in [-0.3, -0.25) is 9.52 Å². The maximum atomic E-state index is 12.3. The van der Waals surface area contributed by atoms with Crippen LogP contribution in [0.15, 0.2) is 71.2 Å². The number of ether oxygens (including phenoxy) is 1. The molecule has 0 saturated heterocycles. The minimum absolute atomic E-state index is 0.0704. The van der Waals surface area contributed by atoms with Gasteiger partial charge in [0.2, 0.25) is 0 Å². The van der Waals surface area contributed by atoms with Crippen molar-refractivity contribution in [3.05, 3.63) is 66.3 Å². The number of nitrogens with zero attached hydrogens (tertiary/aromatic N) is 1. The third-order valence-electron chi connectivity index (χ3n) is 4.02. The molecule has 10 heteroatoms. The number of nitrogens with one attached hydrogen (secondary N) is 3. The first-order valence-electron chi connectivity index (χ1n) is 8.52. The minimum atomic E-state index is -3.73. The van der Waals surface area contributed by atoms with Crippen LogP contribution in [0.5, 0.6) is 5.75 Å². The van der Waals surface area contributed by atoms with E-state index in [-0.39, 0.29) is 22.5 Å². The van der Waals surface area contributed by atoms with Crippen LogP contribution in [0.4, 0.5) is 10.8 Å². The number of carbonyl (C=O) groups excluding carboxylic acids is 1. The van der Waals surface area contributed by atoms with Crippen LogP contribution in [0.1, 0.15) is 0 Å². The van der Waals surface area contributed by atoms with Crippen molar-refractivity contribution in [2.75, 3.05) is 16.6 Å². The summed E-state index contributed by atoms with van der Waals surface area (Å²) in [5, 5.41) is 5.54. The van der Waals surface area contributed by atoms with Crippen LogP contribution in [0, 0.1) is 0 Å². The van der Waals surface area contributed by atoms with Crippen molar-refractivity contribution < 1.29 is 17.9 Å². The third kappa shape index (κ3) is 4.39. The lowest BCUT2D eigenvalue weighted by Gasteiger charge is -2.09. The molecule has 1 amide bonds. The molecule has 29 heavy (non-hydrogen) atoms. The zero-order valence-electron chi connectivity index (χ0n) is 15.0. The highest BCUT2D eigenvalue weighted by Crippen LogP contribution is 2.24. The molecule has 148 valence electrons. The number of fused-ring (bicyclic) bond motifs is 1. The van der Waals surface area contributed by atoms with Gasteiger partial charge in [-0.25, -0.2) is 13.4 Å². The summed E-state index contributed by atoms with van der Waals surface area (Å²) in [6.45, 7) is -0.171. The summed E-state index contributed by atoms with van der Waals surface area (Å²) in [7, 11) is -3.73. The number of sulfonamides is 1. The fourth-order valence-electron chi connectivity index (χ4n) is 2.69. The molecular weight excluding hydrogens is 412 g/mol. The van der Waals surface area contributed by atoms with Gasteiger partial charge in [0.15, 0.2) is 11.7 Å². The number of thiazole rings is 1. The number of carbonyl (C=O) groups is 1. The lowest BCUT2D eigenvalue weighted by Crippen LogP contribution is -2.20. The average Bonchev–Trinajstić information content (AvgIpc) is 3.38. The number of hydrogen-bond donors (Lipinski definition) is 3. The molecule has 2 aromatic heterocycles. The molecule has 0 bridgehead atoms. The van der Waals surface area contributed by atoms with E-state index in [0.29, 0.717) is 11.4 Å². The summed E-state index contributed by atoms with van der Waals surface area (Å²) in [5.41, 5.74) is 1.39. The van der Waals surface area contributed by atoms with E-state index in [9.17, 15) is 13.2 Å². The second kappa shape index (κ2) is 7.94. The molecule has 0 aliphatic carbocycles. The summed E-state index contributed by atoms with van der Waals surface area (Å²) < 4.78 is 32.6. The van der Waals surface area contributed by atoms with E-state index in [1.807, 2.05) is 18.2 Å². The van der Waals surface area contributed by atoms with Crippen LogP contribution in [0.2, 0.25) is 0 Å². The first-order valence-corrected chi connectivity index (χ1v) is 10.9. The first kappa shape index (κ1) is 19.0. The SMILES string of the molecule is O=C(COc1cccc2[nH]ccc12)Nc1ccc(S(=O)(=O)Nc2nccs2)cc1. The zero-order chi connectivity index (χ0) is 20.3. The lowest BCUT2D eigenvalue weighted by molar-refractivity contribution is -0.118. The Kier molecular flexibility index (Phi) is 5.19. The van der Waals surface area contributed by atoms with Crippen LogP contribution in [0.25, 0.3) is 10.9 Å². The Morgan fingerprint density at radius 3 is 2.72 bits per heavy atom. The molecule has 2 heterocycles. The number of anilines is 2. The third-order valence-corrected chi connectivity index (χ3v) is 6.19. The molecule has 2 aromatic carbocycles. The Labute approximate surface area is 170 Å². The van der Waals surface area contributed by atoms with Gasteiger partial charge >= 0.3 is 0 Å². The highest BCUT2D eigenvalue weighted by atomic mass is 32.2. The molecule has 0 atom stereocenters. The second-order valence-electron chi connectivity index (χ2n) is 6.00. The van der Waals surface area contributed by atoms with Crippen LogP contribution in [0.3, 0.4) is 0 Å². The van der Waals surface area contributed by atoms with Gasteiger partial charge in [-0.1, -0.05) is 6.07 Å². The Morgan fingerprint density at radius 1 is 1.14 bits per heavy atom. The van der Waals surface area contributed by atoms with Crippen molar-refractivity contribution in [2.24, 2.45) is 0 Å². The molecule has 0 saturated carbocycles. The van der Waals surface area contributed by atoms with Gasteiger partial charge in [-0.15, -0.1) is 11.3 Å². The molecule has 8 nitrogen and oxygen atoms in total. The van der Waals surface area contributed by atoms with Gasteiger partial charge in [-0.05, 0) is 42.5 Å². The molecule has 0 unspecified atom stereocenters. The number of aromatic amines is 1.